The first-order chi connectivity index (χ1) is 6.19. The van der Waals surface area contributed by atoms with Gasteiger partial charge in [0.15, 0.2) is 0 Å². The van der Waals surface area contributed by atoms with Gasteiger partial charge < -0.3 is 5.11 Å². The van der Waals surface area contributed by atoms with Gasteiger partial charge in [0.1, 0.15) is 5.82 Å². The average Bonchev–Trinajstić information content (AvgIpc) is 2.16. The Labute approximate surface area is 81.0 Å². The van der Waals surface area contributed by atoms with Gasteiger partial charge in [-0.1, -0.05) is 6.07 Å². The van der Waals surface area contributed by atoms with E-state index in [1.165, 1.54) is 12.1 Å². The summed E-state index contributed by atoms with van der Waals surface area (Å²) in [5.74, 6) is -0.413. The fourth-order valence-corrected chi connectivity index (χ4v) is 1.16. The van der Waals surface area contributed by atoms with Crippen LogP contribution in [0.2, 0.25) is 0 Å². The summed E-state index contributed by atoms with van der Waals surface area (Å²) in [6, 6.07) is 5.77. The molecule has 0 amide bonds. The fraction of sp³-hybridized carbons (Fsp3) is 0.222. The lowest BCUT2D eigenvalue weighted by molar-refractivity contribution is 0.199. The van der Waals surface area contributed by atoms with E-state index in [4.69, 9.17) is 5.26 Å². The number of aliphatic hydroxyl groups excluding tert-OH is 1. The molecule has 0 radical (unpaired) electrons. The van der Waals surface area contributed by atoms with Crippen LogP contribution in [0.5, 0.6) is 0 Å². The first-order valence-corrected chi connectivity index (χ1v) is 4.30. The Hall–Kier alpha value is -1.05. The van der Waals surface area contributed by atoms with Crippen molar-refractivity contribution in [3.8, 4) is 6.07 Å². The second kappa shape index (κ2) is 4.26. The lowest BCUT2D eigenvalue weighted by atomic mass is 10.1. The van der Waals surface area contributed by atoms with Crippen LogP contribution in [0.25, 0.3) is 0 Å². The van der Waals surface area contributed by atoms with Crippen molar-refractivity contribution in [3.05, 3.63) is 35.1 Å². The van der Waals surface area contributed by atoms with Crippen LogP contribution in [0.3, 0.4) is 0 Å². The molecule has 68 valence electrons. The summed E-state index contributed by atoms with van der Waals surface area (Å²) in [7, 11) is 0. The van der Waals surface area contributed by atoms with E-state index in [9.17, 15) is 9.50 Å². The summed E-state index contributed by atoms with van der Waals surface area (Å²) in [5.41, 5.74) is 0.418. The molecule has 1 N–H and O–H groups in total. The number of halogens is 1. The van der Waals surface area contributed by atoms with Crippen LogP contribution in [0, 0.1) is 17.1 Å². The average molecular weight is 197 g/mol. The molecule has 1 atom stereocenters. The zero-order valence-electron chi connectivity index (χ0n) is 6.74. The summed E-state index contributed by atoms with van der Waals surface area (Å²) >= 11 is 3.84. The van der Waals surface area contributed by atoms with Crippen molar-refractivity contribution in [2.24, 2.45) is 0 Å². The number of thiol groups is 1. The van der Waals surface area contributed by atoms with Crippen LogP contribution < -0.4 is 0 Å². The van der Waals surface area contributed by atoms with Crippen molar-refractivity contribution in [3.63, 3.8) is 0 Å². The number of rotatable bonds is 2. The van der Waals surface area contributed by atoms with Crippen LogP contribution in [0.15, 0.2) is 18.2 Å². The molecule has 0 saturated carbocycles. The molecule has 0 aliphatic heterocycles. The van der Waals surface area contributed by atoms with Crippen LogP contribution in [-0.4, -0.2) is 10.9 Å². The Morgan fingerprint density at radius 2 is 2.31 bits per heavy atom. The van der Waals surface area contributed by atoms with Crippen molar-refractivity contribution in [2.75, 3.05) is 5.75 Å². The van der Waals surface area contributed by atoms with Gasteiger partial charge in [-0.2, -0.15) is 17.9 Å². The van der Waals surface area contributed by atoms with Gasteiger partial charge in [0, 0.05) is 11.3 Å². The van der Waals surface area contributed by atoms with Crippen molar-refractivity contribution in [2.45, 2.75) is 6.10 Å². The van der Waals surface area contributed by atoms with Gasteiger partial charge in [0.2, 0.25) is 0 Å². The van der Waals surface area contributed by atoms with E-state index in [-0.39, 0.29) is 16.9 Å². The second-order valence-electron chi connectivity index (χ2n) is 2.55. The molecule has 0 aromatic heterocycles. The third-order valence-corrected chi connectivity index (χ3v) is 2.01. The highest BCUT2D eigenvalue weighted by Gasteiger charge is 2.11. The summed E-state index contributed by atoms with van der Waals surface area (Å²) in [4.78, 5) is 0. The molecule has 1 unspecified atom stereocenters. The molecule has 13 heavy (non-hydrogen) atoms. The number of hydrogen-bond donors (Lipinski definition) is 2. The third-order valence-electron chi connectivity index (χ3n) is 1.66. The van der Waals surface area contributed by atoms with Crippen molar-refractivity contribution in [1.82, 2.24) is 0 Å². The lowest BCUT2D eigenvalue weighted by Crippen LogP contribution is -2.02. The minimum atomic E-state index is -0.920. The van der Waals surface area contributed by atoms with E-state index in [1.807, 2.05) is 6.07 Å². The largest absolute Gasteiger partial charge is 0.387 e. The molecule has 0 bridgehead atoms. The molecule has 0 heterocycles. The minimum absolute atomic E-state index is 0.156. The molecule has 1 rings (SSSR count). The molecule has 0 fully saturated rings. The maximum atomic E-state index is 13.1. The first kappa shape index (κ1) is 10.0. The van der Waals surface area contributed by atoms with Crippen LogP contribution >= 0.6 is 12.6 Å². The topological polar surface area (TPSA) is 44.0 Å². The summed E-state index contributed by atoms with van der Waals surface area (Å²) in [5, 5.41) is 17.7. The second-order valence-corrected chi connectivity index (χ2v) is 2.91. The Morgan fingerprint density at radius 3 is 2.77 bits per heavy atom. The number of nitrogens with zero attached hydrogens (tertiary/aromatic N) is 1. The molecular formula is C9H8FNOS. The van der Waals surface area contributed by atoms with Gasteiger partial charge in [-0.25, -0.2) is 4.39 Å². The van der Waals surface area contributed by atoms with Gasteiger partial charge in [0.05, 0.1) is 17.7 Å². The highest BCUT2D eigenvalue weighted by molar-refractivity contribution is 7.80. The lowest BCUT2D eigenvalue weighted by Gasteiger charge is -2.08. The van der Waals surface area contributed by atoms with Crippen molar-refractivity contribution >= 4 is 12.6 Å². The zero-order chi connectivity index (χ0) is 9.84. The number of benzene rings is 1. The van der Waals surface area contributed by atoms with Crippen molar-refractivity contribution in [1.29, 1.82) is 5.26 Å². The molecule has 0 spiro atoms. The highest BCUT2D eigenvalue weighted by atomic mass is 32.1. The van der Waals surface area contributed by atoms with Gasteiger partial charge in [-0.3, -0.25) is 0 Å². The van der Waals surface area contributed by atoms with Gasteiger partial charge in [0.25, 0.3) is 0 Å². The predicted octanol–water partition coefficient (Wildman–Crippen LogP) is 1.66. The predicted molar refractivity (Wildman–Crippen MR) is 49.9 cm³/mol. The number of hydrogen-bond acceptors (Lipinski definition) is 3. The van der Waals surface area contributed by atoms with E-state index in [0.29, 0.717) is 0 Å². The standard InChI is InChI=1S/C9H8FNOS/c10-8-3-6(4-11)1-2-7(8)9(12)5-13/h1-3,9,12-13H,5H2. The van der Waals surface area contributed by atoms with E-state index in [1.54, 1.807) is 0 Å². The monoisotopic (exact) mass is 197 g/mol. The van der Waals surface area contributed by atoms with Gasteiger partial charge in [-0.15, -0.1) is 0 Å². The quantitative estimate of drug-likeness (QED) is 0.708. The normalized spacial score (nSPS) is 12.2. The van der Waals surface area contributed by atoms with Crippen molar-refractivity contribution < 1.29 is 9.50 Å². The summed E-state index contributed by atoms with van der Waals surface area (Å²) in [6.07, 6.45) is -0.920. The summed E-state index contributed by atoms with van der Waals surface area (Å²) < 4.78 is 13.1. The van der Waals surface area contributed by atoms with Gasteiger partial charge in [-0.05, 0) is 12.1 Å². The van der Waals surface area contributed by atoms with Crippen LogP contribution in [0.1, 0.15) is 17.2 Å². The van der Waals surface area contributed by atoms with Crippen LogP contribution in [0.4, 0.5) is 4.39 Å². The summed E-state index contributed by atoms with van der Waals surface area (Å²) in [6.45, 7) is 0. The zero-order valence-corrected chi connectivity index (χ0v) is 7.63. The molecule has 1 aromatic carbocycles. The Kier molecular flexibility index (Phi) is 3.29. The SMILES string of the molecule is N#Cc1ccc(C(O)CS)c(F)c1. The first-order valence-electron chi connectivity index (χ1n) is 3.67. The molecule has 4 heteroatoms. The van der Waals surface area contributed by atoms with E-state index in [0.717, 1.165) is 6.07 Å². The molecule has 0 aliphatic carbocycles. The fourth-order valence-electron chi connectivity index (χ4n) is 0.965. The Balaban J connectivity index is 3.07. The van der Waals surface area contributed by atoms with Crippen LogP contribution in [-0.2, 0) is 0 Å². The number of nitriles is 1. The Bertz CT molecular complexity index is 348. The number of aliphatic hydroxyl groups is 1. The molecule has 2 nitrogen and oxygen atoms in total. The van der Waals surface area contributed by atoms with Gasteiger partial charge >= 0.3 is 0 Å². The molecule has 0 aliphatic rings. The van der Waals surface area contributed by atoms with E-state index < -0.39 is 11.9 Å². The molecule has 0 saturated heterocycles. The Morgan fingerprint density at radius 1 is 1.62 bits per heavy atom. The van der Waals surface area contributed by atoms with E-state index in [2.05, 4.69) is 12.6 Å². The highest BCUT2D eigenvalue weighted by Crippen LogP contribution is 2.18. The molecule has 1 aromatic rings. The molecular weight excluding hydrogens is 189 g/mol. The minimum Gasteiger partial charge on any atom is -0.387 e. The maximum absolute atomic E-state index is 13.1. The smallest absolute Gasteiger partial charge is 0.130 e. The third kappa shape index (κ3) is 2.20. The van der Waals surface area contributed by atoms with E-state index >= 15 is 0 Å². The maximum Gasteiger partial charge on any atom is 0.130 e.